The van der Waals surface area contributed by atoms with Gasteiger partial charge in [-0.3, -0.25) is 4.57 Å². The van der Waals surface area contributed by atoms with Gasteiger partial charge in [-0.1, -0.05) is 146 Å². The van der Waals surface area contributed by atoms with Gasteiger partial charge in [-0.05, 0) is 28.6 Å². The van der Waals surface area contributed by atoms with E-state index in [0.717, 1.165) is 38.5 Å². The topological polar surface area (TPSA) is 43.6 Å². The second-order valence-corrected chi connectivity index (χ2v) is 13.1. The molecule has 0 spiro atoms. The van der Waals surface area contributed by atoms with Crippen molar-refractivity contribution in [2.45, 2.75) is 0 Å². The number of hydrogen-bond donors (Lipinski definition) is 0. The van der Waals surface area contributed by atoms with Gasteiger partial charge in [0.1, 0.15) is 0 Å². The molecule has 10 aromatic rings. The van der Waals surface area contributed by atoms with Crippen LogP contribution < -0.4 is 0 Å². The van der Waals surface area contributed by atoms with Crippen LogP contribution in [0.25, 0.3) is 92.6 Å². The molecule has 10 rings (SSSR count). The average molecular weight is 631 g/mol. The number of benzene rings is 7. The van der Waals surface area contributed by atoms with Crippen molar-refractivity contribution in [3.63, 3.8) is 0 Å². The van der Waals surface area contributed by atoms with Gasteiger partial charge in [-0.15, -0.1) is 11.3 Å². The van der Waals surface area contributed by atoms with E-state index < -0.39 is 0 Å². The first kappa shape index (κ1) is 27.0. The van der Waals surface area contributed by atoms with E-state index in [9.17, 15) is 0 Å². The Labute approximate surface area is 280 Å². The molecule has 0 bridgehead atoms. The van der Waals surface area contributed by atoms with Crippen molar-refractivity contribution in [3.8, 4) is 39.9 Å². The molecule has 0 aliphatic carbocycles. The quantitative estimate of drug-likeness (QED) is 0.194. The first-order valence-electron chi connectivity index (χ1n) is 16.0. The van der Waals surface area contributed by atoms with Crippen LogP contribution >= 0.6 is 11.3 Å². The first-order chi connectivity index (χ1) is 23.8. The lowest BCUT2D eigenvalue weighted by molar-refractivity contribution is 0.955. The van der Waals surface area contributed by atoms with Crippen LogP contribution in [-0.2, 0) is 0 Å². The lowest BCUT2D eigenvalue weighted by atomic mass is 10.0. The summed E-state index contributed by atoms with van der Waals surface area (Å²) in [5, 5.41) is 7.24. The largest absolute Gasteiger partial charge is 0.277 e. The third-order valence-electron chi connectivity index (χ3n) is 9.26. The van der Waals surface area contributed by atoms with Gasteiger partial charge in [0.15, 0.2) is 11.6 Å². The van der Waals surface area contributed by atoms with Gasteiger partial charge in [0.2, 0.25) is 5.95 Å². The highest BCUT2D eigenvalue weighted by Crippen LogP contribution is 2.42. The molecular weight excluding hydrogens is 605 g/mol. The molecular formula is C43H26N4S. The van der Waals surface area contributed by atoms with Crippen LogP contribution in [0, 0.1) is 0 Å². The summed E-state index contributed by atoms with van der Waals surface area (Å²) in [6, 6.07) is 55.5. The summed E-state index contributed by atoms with van der Waals surface area (Å²) in [6.45, 7) is 0. The smallest absolute Gasteiger partial charge is 0.238 e. The van der Waals surface area contributed by atoms with Gasteiger partial charge in [0, 0.05) is 47.5 Å². The van der Waals surface area contributed by atoms with Crippen LogP contribution in [-0.4, -0.2) is 19.5 Å². The lowest BCUT2D eigenvalue weighted by Gasteiger charge is -2.12. The fourth-order valence-electron chi connectivity index (χ4n) is 7.03. The predicted octanol–water partition coefficient (Wildman–Crippen LogP) is 11.5. The molecule has 4 nitrogen and oxygen atoms in total. The number of nitrogens with zero attached hydrogens (tertiary/aromatic N) is 4. The SMILES string of the molecule is c1ccc(-c2nc(-c3ccccc3)nc(-n3c4cc(-c5cccc6c5sc5ccccc56)ccc4c4ccc5ccccc5c43)n2)cc1. The highest BCUT2D eigenvalue weighted by atomic mass is 32.1. The highest BCUT2D eigenvalue weighted by Gasteiger charge is 2.21. The van der Waals surface area contributed by atoms with Crippen molar-refractivity contribution in [1.29, 1.82) is 0 Å². The molecule has 48 heavy (non-hydrogen) atoms. The second-order valence-electron chi connectivity index (χ2n) is 12.0. The highest BCUT2D eigenvalue weighted by molar-refractivity contribution is 7.26. The standard InChI is InChI=1S/C43H26N4S/c1-3-13-28(14-4-1)41-44-42(29-15-5-2-6-16-29)46-43(45-41)47-37-26-30(32-19-11-20-36-34-18-9-10-21-38(34)48-40(32)36)23-24-33(37)35-25-22-27-12-7-8-17-31(27)39(35)47/h1-26H. The van der Waals surface area contributed by atoms with Crippen LogP contribution in [0.5, 0.6) is 0 Å². The summed E-state index contributed by atoms with van der Waals surface area (Å²) in [6.07, 6.45) is 0. The van der Waals surface area contributed by atoms with E-state index in [2.05, 4.69) is 126 Å². The number of hydrogen-bond acceptors (Lipinski definition) is 4. The van der Waals surface area contributed by atoms with E-state index in [1.807, 2.05) is 47.7 Å². The Kier molecular flexibility index (Phi) is 6.01. The predicted molar refractivity (Wildman–Crippen MR) is 201 cm³/mol. The molecule has 0 aliphatic heterocycles. The molecule has 0 amide bonds. The third kappa shape index (κ3) is 4.18. The minimum absolute atomic E-state index is 0.594. The summed E-state index contributed by atoms with van der Waals surface area (Å²) in [4.78, 5) is 15.4. The van der Waals surface area contributed by atoms with E-state index in [4.69, 9.17) is 15.0 Å². The molecule has 0 aliphatic rings. The Balaban J connectivity index is 1.31. The maximum absolute atomic E-state index is 5.20. The Morgan fingerprint density at radius 2 is 1.08 bits per heavy atom. The van der Waals surface area contributed by atoms with E-state index in [-0.39, 0.29) is 0 Å². The molecule has 5 heteroatoms. The molecule has 0 atom stereocenters. The average Bonchev–Trinajstić information content (AvgIpc) is 3.71. The zero-order chi connectivity index (χ0) is 31.6. The van der Waals surface area contributed by atoms with Crippen molar-refractivity contribution in [2.75, 3.05) is 0 Å². The Hall–Kier alpha value is -6.17. The van der Waals surface area contributed by atoms with Crippen molar-refractivity contribution in [1.82, 2.24) is 19.5 Å². The minimum atomic E-state index is 0.594. The van der Waals surface area contributed by atoms with Crippen LogP contribution in [0.4, 0.5) is 0 Å². The van der Waals surface area contributed by atoms with Crippen LogP contribution in [0.15, 0.2) is 158 Å². The fraction of sp³-hybridized carbons (Fsp3) is 0. The zero-order valence-corrected chi connectivity index (χ0v) is 26.5. The normalized spacial score (nSPS) is 11.8. The molecule has 0 N–H and O–H groups in total. The van der Waals surface area contributed by atoms with E-state index in [1.165, 1.54) is 36.5 Å². The van der Waals surface area contributed by atoms with Gasteiger partial charge in [-0.2, -0.15) is 9.97 Å². The zero-order valence-electron chi connectivity index (χ0n) is 25.7. The fourth-order valence-corrected chi connectivity index (χ4v) is 8.26. The van der Waals surface area contributed by atoms with Crippen molar-refractivity contribution < 1.29 is 0 Å². The third-order valence-corrected chi connectivity index (χ3v) is 10.5. The monoisotopic (exact) mass is 630 g/mol. The summed E-state index contributed by atoms with van der Waals surface area (Å²) >= 11 is 1.86. The first-order valence-corrected chi connectivity index (χ1v) is 16.9. The molecule has 0 saturated heterocycles. The molecule has 3 aromatic heterocycles. The molecule has 0 unspecified atom stereocenters. The molecule has 0 saturated carbocycles. The number of rotatable bonds is 4. The maximum atomic E-state index is 5.20. The Bertz CT molecular complexity index is 2780. The maximum Gasteiger partial charge on any atom is 0.238 e. The molecule has 7 aromatic carbocycles. The van der Waals surface area contributed by atoms with Crippen LogP contribution in [0.3, 0.4) is 0 Å². The van der Waals surface area contributed by atoms with Gasteiger partial charge in [0.05, 0.1) is 11.0 Å². The number of aromatic nitrogens is 4. The second kappa shape index (κ2) is 10.7. The Morgan fingerprint density at radius 3 is 1.85 bits per heavy atom. The van der Waals surface area contributed by atoms with Crippen molar-refractivity contribution in [3.05, 3.63) is 158 Å². The lowest BCUT2D eigenvalue weighted by Crippen LogP contribution is -2.06. The van der Waals surface area contributed by atoms with Crippen LogP contribution in [0.1, 0.15) is 0 Å². The van der Waals surface area contributed by atoms with Crippen molar-refractivity contribution in [2.24, 2.45) is 0 Å². The number of thiophene rings is 1. The summed E-state index contributed by atoms with van der Waals surface area (Å²) in [5.41, 5.74) is 6.42. The van der Waals surface area contributed by atoms with Crippen molar-refractivity contribution >= 4 is 64.1 Å². The van der Waals surface area contributed by atoms with E-state index in [1.54, 1.807) is 0 Å². The molecule has 3 heterocycles. The molecule has 0 fully saturated rings. The van der Waals surface area contributed by atoms with E-state index >= 15 is 0 Å². The van der Waals surface area contributed by atoms with Gasteiger partial charge in [0.25, 0.3) is 0 Å². The minimum Gasteiger partial charge on any atom is -0.277 e. The Morgan fingerprint density at radius 1 is 0.438 bits per heavy atom. The van der Waals surface area contributed by atoms with Gasteiger partial charge in [-0.25, -0.2) is 4.98 Å². The van der Waals surface area contributed by atoms with Gasteiger partial charge >= 0.3 is 0 Å². The molecule has 224 valence electrons. The van der Waals surface area contributed by atoms with Gasteiger partial charge < -0.3 is 0 Å². The number of fused-ring (bicyclic) bond motifs is 8. The molecule has 0 radical (unpaired) electrons. The summed E-state index contributed by atoms with van der Waals surface area (Å²) in [7, 11) is 0. The summed E-state index contributed by atoms with van der Waals surface area (Å²) < 4.78 is 4.85. The van der Waals surface area contributed by atoms with E-state index in [0.29, 0.717) is 17.6 Å². The van der Waals surface area contributed by atoms with Crippen LogP contribution in [0.2, 0.25) is 0 Å². The summed E-state index contributed by atoms with van der Waals surface area (Å²) in [5.74, 6) is 1.87.